The summed E-state index contributed by atoms with van der Waals surface area (Å²) in [5, 5.41) is 0. The van der Waals surface area contributed by atoms with Crippen LogP contribution in [0.3, 0.4) is 0 Å². The molecule has 30 heavy (non-hydrogen) atoms. The molecule has 0 saturated carbocycles. The fourth-order valence-electron chi connectivity index (χ4n) is 3.72. The first-order valence-electron chi connectivity index (χ1n) is 10.7. The molecule has 2 aromatic rings. The molecule has 1 unspecified atom stereocenters. The number of rotatable bonds is 9. The van der Waals surface area contributed by atoms with Crippen LogP contribution in [-0.2, 0) is 22.8 Å². The maximum atomic E-state index is 13.6. The number of unbranched alkanes of at least 4 members (excludes halogenated alkanes) is 1. The largest absolute Gasteiger partial charge is 0.493 e. The van der Waals surface area contributed by atoms with Gasteiger partial charge in [0.2, 0.25) is 0 Å². The minimum atomic E-state index is -3.11. The summed E-state index contributed by atoms with van der Waals surface area (Å²) < 4.78 is 30.1. The van der Waals surface area contributed by atoms with Crippen molar-refractivity contribution in [3.8, 4) is 5.75 Å². The first kappa shape index (κ1) is 22.3. The number of hydrogen-bond acceptors (Lipinski definition) is 4. The standard InChI is InChI=1S/C24H31NO4S/c1-3-5-15-29-23-9-7-6-8-22(23)24(26)25(21-14-16-30(27,28)18-21)17-20-12-10-19(4-2)11-13-20/h6-13,21H,3-5,14-18H2,1-2H3. The van der Waals surface area contributed by atoms with Gasteiger partial charge in [-0.3, -0.25) is 4.79 Å². The third-order valence-electron chi connectivity index (χ3n) is 5.57. The number of ether oxygens (including phenoxy) is 1. The van der Waals surface area contributed by atoms with E-state index in [1.54, 1.807) is 11.0 Å². The van der Waals surface area contributed by atoms with Crippen molar-refractivity contribution in [3.63, 3.8) is 0 Å². The number of benzene rings is 2. The van der Waals surface area contributed by atoms with E-state index < -0.39 is 9.84 Å². The summed E-state index contributed by atoms with van der Waals surface area (Å²) in [6.45, 7) is 5.12. The van der Waals surface area contributed by atoms with Gasteiger partial charge in [-0.2, -0.15) is 0 Å². The second kappa shape index (κ2) is 10.1. The van der Waals surface area contributed by atoms with Crippen LogP contribution in [0.5, 0.6) is 5.75 Å². The minimum Gasteiger partial charge on any atom is -0.493 e. The molecule has 1 aliphatic heterocycles. The Morgan fingerprint density at radius 1 is 1.07 bits per heavy atom. The van der Waals surface area contributed by atoms with Gasteiger partial charge < -0.3 is 9.64 Å². The van der Waals surface area contributed by atoms with Crippen LogP contribution < -0.4 is 4.74 Å². The molecule has 1 fully saturated rings. The van der Waals surface area contributed by atoms with Crippen molar-refractivity contribution in [1.29, 1.82) is 0 Å². The Balaban J connectivity index is 1.88. The zero-order chi connectivity index (χ0) is 21.6. The van der Waals surface area contributed by atoms with Crippen LogP contribution in [0, 0.1) is 0 Å². The molecule has 1 heterocycles. The Bertz CT molecular complexity index is 953. The molecule has 0 N–H and O–H groups in total. The SMILES string of the molecule is CCCCOc1ccccc1C(=O)N(Cc1ccc(CC)cc1)C1CCS(=O)(=O)C1. The Labute approximate surface area is 180 Å². The van der Waals surface area contributed by atoms with E-state index in [0.717, 1.165) is 24.8 Å². The molecule has 0 spiro atoms. The van der Waals surface area contributed by atoms with E-state index >= 15 is 0 Å². The number of sulfone groups is 1. The van der Waals surface area contributed by atoms with E-state index in [1.165, 1.54) is 5.56 Å². The van der Waals surface area contributed by atoms with Gasteiger partial charge in [0.05, 0.1) is 23.7 Å². The number of aryl methyl sites for hydroxylation is 1. The molecule has 0 bridgehead atoms. The first-order chi connectivity index (χ1) is 14.4. The lowest BCUT2D eigenvalue weighted by Crippen LogP contribution is -2.40. The van der Waals surface area contributed by atoms with Gasteiger partial charge in [-0.25, -0.2) is 8.42 Å². The van der Waals surface area contributed by atoms with Gasteiger partial charge in [0.1, 0.15) is 5.75 Å². The molecule has 1 saturated heterocycles. The topological polar surface area (TPSA) is 63.7 Å². The van der Waals surface area contributed by atoms with Gasteiger partial charge in [0.15, 0.2) is 9.84 Å². The van der Waals surface area contributed by atoms with Crippen molar-refractivity contribution in [1.82, 2.24) is 4.90 Å². The molecule has 0 aliphatic carbocycles. The molecule has 2 aromatic carbocycles. The lowest BCUT2D eigenvalue weighted by Gasteiger charge is -2.29. The summed E-state index contributed by atoms with van der Waals surface area (Å²) in [6.07, 6.45) is 3.35. The van der Waals surface area contributed by atoms with Crippen molar-refractivity contribution in [3.05, 3.63) is 65.2 Å². The minimum absolute atomic E-state index is 0.0185. The highest BCUT2D eigenvalue weighted by molar-refractivity contribution is 7.91. The van der Waals surface area contributed by atoms with Crippen LogP contribution in [0.4, 0.5) is 0 Å². The summed E-state index contributed by atoms with van der Waals surface area (Å²) >= 11 is 0. The number of nitrogens with zero attached hydrogens (tertiary/aromatic N) is 1. The van der Waals surface area contributed by atoms with Crippen molar-refractivity contribution >= 4 is 15.7 Å². The smallest absolute Gasteiger partial charge is 0.258 e. The lowest BCUT2D eigenvalue weighted by molar-refractivity contribution is 0.0676. The number of para-hydroxylation sites is 1. The summed E-state index contributed by atoms with van der Waals surface area (Å²) in [5.41, 5.74) is 2.71. The zero-order valence-corrected chi connectivity index (χ0v) is 18.7. The molecular formula is C24H31NO4S. The molecule has 3 rings (SSSR count). The van der Waals surface area contributed by atoms with Gasteiger partial charge >= 0.3 is 0 Å². The normalized spacial score (nSPS) is 17.6. The molecule has 1 amide bonds. The Hall–Kier alpha value is -2.34. The molecule has 0 radical (unpaired) electrons. The zero-order valence-electron chi connectivity index (χ0n) is 17.8. The average molecular weight is 430 g/mol. The van der Waals surface area contributed by atoms with Crippen LogP contribution in [0.2, 0.25) is 0 Å². The van der Waals surface area contributed by atoms with Crippen molar-refractivity contribution in [2.45, 2.75) is 52.1 Å². The first-order valence-corrected chi connectivity index (χ1v) is 12.6. The highest BCUT2D eigenvalue weighted by Crippen LogP contribution is 2.26. The number of carbonyl (C=O) groups is 1. The summed E-state index contributed by atoms with van der Waals surface area (Å²) in [4.78, 5) is 15.3. The van der Waals surface area contributed by atoms with Crippen molar-refractivity contribution < 1.29 is 17.9 Å². The van der Waals surface area contributed by atoms with Crippen LogP contribution in [-0.4, -0.2) is 43.4 Å². The predicted molar refractivity (Wildman–Crippen MR) is 120 cm³/mol. The predicted octanol–water partition coefficient (Wildman–Crippen LogP) is 4.26. The van der Waals surface area contributed by atoms with E-state index in [-0.39, 0.29) is 23.5 Å². The maximum Gasteiger partial charge on any atom is 0.258 e. The van der Waals surface area contributed by atoms with E-state index in [1.807, 2.05) is 30.3 Å². The molecule has 0 aromatic heterocycles. The second-order valence-electron chi connectivity index (χ2n) is 7.86. The number of hydrogen-bond donors (Lipinski definition) is 0. The molecular weight excluding hydrogens is 398 g/mol. The van der Waals surface area contributed by atoms with Gasteiger partial charge in [0.25, 0.3) is 5.91 Å². The molecule has 6 heteroatoms. The van der Waals surface area contributed by atoms with Gasteiger partial charge in [-0.1, -0.05) is 56.7 Å². The van der Waals surface area contributed by atoms with Crippen LogP contribution in [0.25, 0.3) is 0 Å². The van der Waals surface area contributed by atoms with Gasteiger partial charge in [-0.15, -0.1) is 0 Å². The van der Waals surface area contributed by atoms with E-state index in [2.05, 4.69) is 26.0 Å². The quantitative estimate of drug-likeness (QED) is 0.559. The fraction of sp³-hybridized carbons (Fsp3) is 0.458. The van der Waals surface area contributed by atoms with Crippen molar-refractivity contribution in [2.75, 3.05) is 18.1 Å². The van der Waals surface area contributed by atoms with E-state index in [4.69, 9.17) is 4.74 Å². The molecule has 162 valence electrons. The van der Waals surface area contributed by atoms with E-state index in [0.29, 0.717) is 30.9 Å². The Morgan fingerprint density at radius 3 is 2.40 bits per heavy atom. The maximum absolute atomic E-state index is 13.6. The summed E-state index contributed by atoms with van der Waals surface area (Å²) in [5.74, 6) is 0.530. The molecule has 1 atom stereocenters. The van der Waals surface area contributed by atoms with Crippen LogP contribution in [0.1, 0.15) is 54.6 Å². The summed E-state index contributed by atoms with van der Waals surface area (Å²) in [6, 6.07) is 15.1. The Kier molecular flexibility index (Phi) is 7.53. The monoisotopic (exact) mass is 429 g/mol. The highest BCUT2D eigenvalue weighted by Gasteiger charge is 2.35. The van der Waals surface area contributed by atoms with Crippen molar-refractivity contribution in [2.24, 2.45) is 0 Å². The van der Waals surface area contributed by atoms with Gasteiger partial charge in [0, 0.05) is 12.6 Å². The Morgan fingerprint density at radius 2 is 1.77 bits per heavy atom. The molecule has 1 aliphatic rings. The van der Waals surface area contributed by atoms with Crippen LogP contribution in [0.15, 0.2) is 48.5 Å². The lowest BCUT2D eigenvalue weighted by atomic mass is 10.1. The number of amides is 1. The van der Waals surface area contributed by atoms with Crippen LogP contribution >= 0.6 is 0 Å². The molecule has 5 nitrogen and oxygen atoms in total. The second-order valence-corrected chi connectivity index (χ2v) is 10.1. The average Bonchev–Trinajstić information content (AvgIpc) is 3.12. The fourth-order valence-corrected chi connectivity index (χ4v) is 5.45. The third kappa shape index (κ3) is 5.63. The highest BCUT2D eigenvalue weighted by atomic mass is 32.2. The third-order valence-corrected chi connectivity index (χ3v) is 7.32. The number of carbonyl (C=O) groups excluding carboxylic acids is 1. The van der Waals surface area contributed by atoms with Gasteiger partial charge in [-0.05, 0) is 42.5 Å². The summed E-state index contributed by atoms with van der Waals surface area (Å²) in [7, 11) is -3.11. The van der Waals surface area contributed by atoms with E-state index in [9.17, 15) is 13.2 Å².